The average Bonchev–Trinajstić information content (AvgIpc) is 3.01. The van der Waals surface area contributed by atoms with Crippen LogP contribution in [-0.4, -0.2) is 44.7 Å². The first kappa shape index (κ1) is 20.0. The van der Waals surface area contributed by atoms with Crippen molar-refractivity contribution in [3.63, 3.8) is 0 Å². The van der Waals surface area contributed by atoms with Gasteiger partial charge in [0.2, 0.25) is 5.91 Å². The van der Waals surface area contributed by atoms with Gasteiger partial charge in [-0.3, -0.25) is 9.69 Å². The Bertz CT molecular complexity index is 835. The van der Waals surface area contributed by atoms with Gasteiger partial charge >= 0.3 is 0 Å². The number of likely N-dealkylation sites (tertiary alicyclic amines) is 1. The van der Waals surface area contributed by atoms with Gasteiger partial charge in [0, 0.05) is 25.9 Å². The molecule has 0 spiro atoms. The van der Waals surface area contributed by atoms with E-state index in [2.05, 4.69) is 32.0 Å². The fraction of sp³-hybridized carbons (Fsp3) is 0.591. The summed E-state index contributed by atoms with van der Waals surface area (Å²) in [5, 5.41) is 11.9. The summed E-state index contributed by atoms with van der Waals surface area (Å²) in [7, 11) is 2.05. The number of carbonyl (C=O) groups is 1. The first-order chi connectivity index (χ1) is 14.0. The largest absolute Gasteiger partial charge is 0.354 e. The van der Waals surface area contributed by atoms with Crippen LogP contribution in [0.25, 0.3) is 0 Å². The summed E-state index contributed by atoms with van der Waals surface area (Å²) in [4.78, 5) is 13.6. The molecule has 2 aromatic rings. The normalized spacial score (nSPS) is 23.0. The zero-order chi connectivity index (χ0) is 20.4. The molecule has 1 saturated heterocycles. The van der Waals surface area contributed by atoms with E-state index in [-0.39, 0.29) is 17.8 Å². The van der Waals surface area contributed by atoms with Crippen molar-refractivity contribution < 1.29 is 9.18 Å². The van der Waals surface area contributed by atoms with Gasteiger partial charge in [-0.2, -0.15) is 0 Å². The van der Waals surface area contributed by atoms with Crippen LogP contribution in [0.3, 0.4) is 0 Å². The lowest BCUT2D eigenvalue weighted by atomic mass is 9.79. The highest BCUT2D eigenvalue weighted by atomic mass is 19.1. The van der Waals surface area contributed by atoms with Crippen LogP contribution in [0.15, 0.2) is 24.3 Å². The van der Waals surface area contributed by atoms with E-state index in [9.17, 15) is 9.18 Å². The van der Waals surface area contributed by atoms with Gasteiger partial charge in [-0.15, -0.1) is 10.2 Å². The number of nitrogens with one attached hydrogen (secondary N) is 1. The molecule has 1 aliphatic heterocycles. The Morgan fingerprint density at radius 2 is 1.86 bits per heavy atom. The van der Waals surface area contributed by atoms with E-state index in [1.165, 1.54) is 5.56 Å². The summed E-state index contributed by atoms with van der Waals surface area (Å²) >= 11 is 0. The van der Waals surface area contributed by atoms with Crippen LogP contribution < -0.4 is 5.32 Å². The SMILES string of the molecule is CC(=O)NC1CC(c2nnc(CN3CCC(Cc4ccc(F)cc4)CC3)n2C)C1. The number of carbonyl (C=O) groups excluding carboxylic acids is 1. The second kappa shape index (κ2) is 8.61. The molecular formula is C22H30FN5O. The van der Waals surface area contributed by atoms with E-state index >= 15 is 0 Å². The Kier molecular flexibility index (Phi) is 5.94. The molecule has 0 radical (unpaired) electrons. The van der Waals surface area contributed by atoms with Crippen molar-refractivity contribution in [2.45, 2.75) is 57.5 Å². The fourth-order valence-electron chi connectivity index (χ4n) is 4.61. The van der Waals surface area contributed by atoms with Crippen LogP contribution in [0, 0.1) is 11.7 Å². The number of piperidine rings is 1. The fourth-order valence-corrected chi connectivity index (χ4v) is 4.61. The third kappa shape index (κ3) is 4.83. The molecule has 2 fully saturated rings. The van der Waals surface area contributed by atoms with Gasteiger partial charge < -0.3 is 9.88 Å². The molecule has 0 atom stereocenters. The molecule has 6 nitrogen and oxygen atoms in total. The zero-order valence-electron chi connectivity index (χ0n) is 17.3. The predicted octanol–water partition coefficient (Wildman–Crippen LogP) is 2.79. The molecule has 1 aromatic heterocycles. The molecular weight excluding hydrogens is 369 g/mol. The third-order valence-electron chi connectivity index (χ3n) is 6.42. The maximum Gasteiger partial charge on any atom is 0.217 e. The topological polar surface area (TPSA) is 63.1 Å². The van der Waals surface area contributed by atoms with Crippen molar-refractivity contribution in [1.29, 1.82) is 0 Å². The maximum absolute atomic E-state index is 13.1. The minimum Gasteiger partial charge on any atom is -0.354 e. The summed E-state index contributed by atoms with van der Waals surface area (Å²) in [5.41, 5.74) is 1.22. The summed E-state index contributed by atoms with van der Waals surface area (Å²) in [6.45, 7) is 4.51. The van der Waals surface area contributed by atoms with E-state index in [4.69, 9.17) is 0 Å². The van der Waals surface area contributed by atoms with E-state index in [0.29, 0.717) is 11.8 Å². The van der Waals surface area contributed by atoms with Crippen molar-refractivity contribution in [2.24, 2.45) is 13.0 Å². The summed E-state index contributed by atoms with van der Waals surface area (Å²) < 4.78 is 15.2. The van der Waals surface area contributed by atoms with Crippen LogP contribution in [-0.2, 0) is 24.8 Å². The molecule has 156 valence electrons. The van der Waals surface area contributed by atoms with Crippen LogP contribution in [0.2, 0.25) is 0 Å². The Hall–Kier alpha value is -2.28. The monoisotopic (exact) mass is 399 g/mol. The molecule has 2 heterocycles. The van der Waals surface area contributed by atoms with Gasteiger partial charge in [-0.25, -0.2) is 4.39 Å². The molecule has 1 aliphatic carbocycles. The van der Waals surface area contributed by atoms with Crippen molar-refractivity contribution >= 4 is 5.91 Å². The molecule has 7 heteroatoms. The van der Waals surface area contributed by atoms with Gasteiger partial charge in [0.05, 0.1) is 6.54 Å². The van der Waals surface area contributed by atoms with Gasteiger partial charge in [-0.1, -0.05) is 12.1 Å². The molecule has 2 aliphatic rings. The number of benzene rings is 1. The lowest BCUT2D eigenvalue weighted by Crippen LogP contribution is -2.43. The molecule has 1 saturated carbocycles. The first-order valence-corrected chi connectivity index (χ1v) is 10.6. The molecule has 29 heavy (non-hydrogen) atoms. The molecule has 0 unspecified atom stereocenters. The van der Waals surface area contributed by atoms with Crippen molar-refractivity contribution in [3.05, 3.63) is 47.3 Å². The van der Waals surface area contributed by atoms with Gasteiger partial charge in [0.15, 0.2) is 0 Å². The lowest BCUT2D eigenvalue weighted by molar-refractivity contribution is -0.120. The van der Waals surface area contributed by atoms with E-state index in [0.717, 1.165) is 63.4 Å². The van der Waals surface area contributed by atoms with E-state index in [1.54, 1.807) is 19.1 Å². The summed E-state index contributed by atoms with van der Waals surface area (Å²) in [6.07, 6.45) is 5.23. The Morgan fingerprint density at radius 1 is 1.17 bits per heavy atom. The van der Waals surface area contributed by atoms with Crippen LogP contribution >= 0.6 is 0 Å². The van der Waals surface area contributed by atoms with Crippen molar-refractivity contribution in [3.8, 4) is 0 Å². The Labute approximate surface area is 171 Å². The molecule has 4 rings (SSSR count). The number of aromatic nitrogens is 3. The molecule has 0 bridgehead atoms. The minimum absolute atomic E-state index is 0.0370. The van der Waals surface area contributed by atoms with E-state index in [1.807, 2.05) is 12.1 Å². The number of amides is 1. The second-order valence-electron chi connectivity index (χ2n) is 8.65. The molecule has 1 aromatic carbocycles. The van der Waals surface area contributed by atoms with Crippen LogP contribution in [0.1, 0.15) is 55.7 Å². The minimum atomic E-state index is -0.167. The van der Waals surface area contributed by atoms with Crippen LogP contribution in [0.5, 0.6) is 0 Å². The van der Waals surface area contributed by atoms with E-state index < -0.39 is 0 Å². The highest BCUT2D eigenvalue weighted by molar-refractivity contribution is 5.73. The molecule has 1 N–H and O–H groups in total. The standard InChI is InChI=1S/C22H30FN5O/c1-15(29)24-20-12-18(13-20)22-26-25-21(27(22)2)14-28-9-7-17(8-10-28)11-16-3-5-19(23)6-4-16/h3-6,17-18,20H,7-14H2,1-2H3,(H,24,29). The second-order valence-corrected chi connectivity index (χ2v) is 8.65. The number of hydrogen-bond acceptors (Lipinski definition) is 4. The smallest absolute Gasteiger partial charge is 0.217 e. The van der Waals surface area contributed by atoms with Gasteiger partial charge in [0.25, 0.3) is 0 Å². The first-order valence-electron chi connectivity index (χ1n) is 10.6. The maximum atomic E-state index is 13.1. The summed E-state index contributed by atoms with van der Waals surface area (Å²) in [5.74, 6) is 2.97. The van der Waals surface area contributed by atoms with Crippen molar-refractivity contribution in [1.82, 2.24) is 25.0 Å². The average molecular weight is 400 g/mol. The van der Waals surface area contributed by atoms with Gasteiger partial charge in [-0.05, 0) is 68.8 Å². The zero-order valence-corrected chi connectivity index (χ0v) is 17.3. The Balaban J connectivity index is 1.25. The van der Waals surface area contributed by atoms with Crippen LogP contribution in [0.4, 0.5) is 4.39 Å². The highest BCUT2D eigenvalue weighted by Gasteiger charge is 2.34. The molecule has 1 amide bonds. The predicted molar refractivity (Wildman–Crippen MR) is 109 cm³/mol. The quantitative estimate of drug-likeness (QED) is 0.811. The number of hydrogen-bond donors (Lipinski definition) is 1. The number of halogens is 1. The highest BCUT2D eigenvalue weighted by Crippen LogP contribution is 2.36. The Morgan fingerprint density at radius 3 is 2.52 bits per heavy atom. The van der Waals surface area contributed by atoms with Gasteiger partial charge in [0.1, 0.15) is 17.5 Å². The third-order valence-corrected chi connectivity index (χ3v) is 6.42. The number of nitrogens with zero attached hydrogens (tertiary/aromatic N) is 4. The van der Waals surface area contributed by atoms with Crippen molar-refractivity contribution in [2.75, 3.05) is 13.1 Å². The summed E-state index contributed by atoms with van der Waals surface area (Å²) in [6, 6.07) is 7.19. The number of rotatable bonds is 6. The lowest BCUT2D eigenvalue weighted by Gasteiger charge is -2.35.